The van der Waals surface area contributed by atoms with Crippen LogP contribution in [-0.4, -0.2) is 50.6 Å². The third kappa shape index (κ3) is 5.33. The average molecular weight is 293 g/mol. The maximum Gasteiger partial charge on any atom is 0.422 e. The molecular formula is C11H23N3O4S. The highest BCUT2D eigenvalue weighted by atomic mass is 32.2. The van der Waals surface area contributed by atoms with Gasteiger partial charge in [-0.3, -0.25) is 0 Å². The average Bonchev–Trinajstić information content (AvgIpc) is 2.27. The number of amides is 1. The Morgan fingerprint density at radius 3 is 2.74 bits per heavy atom. The Hall–Kier alpha value is -0.860. The molecule has 1 saturated heterocycles. The number of likely N-dealkylation sites (N-methyl/N-ethyl adjacent to an activating group) is 1. The SMILES string of the molecule is CCNC1CCCN(S(=O)(=O)NC(=O)OC(C)C)C1. The second-order valence-corrected chi connectivity index (χ2v) is 6.49. The van der Waals surface area contributed by atoms with Gasteiger partial charge in [-0.2, -0.15) is 12.7 Å². The number of nitrogens with one attached hydrogen (secondary N) is 2. The van der Waals surface area contributed by atoms with Gasteiger partial charge in [-0.15, -0.1) is 0 Å². The Balaban J connectivity index is 2.58. The second kappa shape index (κ2) is 7.06. The van der Waals surface area contributed by atoms with Crippen molar-refractivity contribution in [3.05, 3.63) is 0 Å². The molecule has 2 N–H and O–H groups in total. The molecule has 1 aliphatic heterocycles. The van der Waals surface area contributed by atoms with Gasteiger partial charge in [0.1, 0.15) is 0 Å². The zero-order valence-electron chi connectivity index (χ0n) is 11.7. The highest BCUT2D eigenvalue weighted by Gasteiger charge is 2.30. The van der Waals surface area contributed by atoms with Crippen LogP contribution in [0.5, 0.6) is 0 Å². The molecule has 0 aliphatic carbocycles. The molecule has 1 aliphatic rings. The van der Waals surface area contributed by atoms with Crippen LogP contribution in [0.4, 0.5) is 4.79 Å². The van der Waals surface area contributed by atoms with Crippen LogP contribution >= 0.6 is 0 Å². The number of piperidine rings is 1. The molecule has 0 aromatic heterocycles. The molecule has 1 heterocycles. The maximum absolute atomic E-state index is 12.0. The van der Waals surface area contributed by atoms with Gasteiger partial charge in [0, 0.05) is 19.1 Å². The number of carbonyl (C=O) groups excluding carboxylic acids is 1. The van der Waals surface area contributed by atoms with Gasteiger partial charge in [0.25, 0.3) is 0 Å². The third-order valence-electron chi connectivity index (χ3n) is 2.77. The first-order valence-electron chi connectivity index (χ1n) is 6.57. The lowest BCUT2D eigenvalue weighted by molar-refractivity contribution is 0.120. The van der Waals surface area contributed by atoms with Gasteiger partial charge >= 0.3 is 16.3 Å². The van der Waals surface area contributed by atoms with Crippen LogP contribution in [0.3, 0.4) is 0 Å². The van der Waals surface area contributed by atoms with Crippen LogP contribution in [-0.2, 0) is 14.9 Å². The van der Waals surface area contributed by atoms with Crippen molar-refractivity contribution < 1.29 is 17.9 Å². The van der Waals surface area contributed by atoms with Gasteiger partial charge in [0.05, 0.1) is 6.10 Å². The van der Waals surface area contributed by atoms with E-state index in [1.54, 1.807) is 13.8 Å². The van der Waals surface area contributed by atoms with Crippen LogP contribution in [0.1, 0.15) is 33.6 Å². The van der Waals surface area contributed by atoms with E-state index in [1.165, 1.54) is 4.31 Å². The van der Waals surface area contributed by atoms with Crippen molar-refractivity contribution in [3.8, 4) is 0 Å². The molecule has 0 aromatic carbocycles. The van der Waals surface area contributed by atoms with Gasteiger partial charge in [-0.25, -0.2) is 9.52 Å². The standard InChI is InChI=1S/C11H23N3O4S/c1-4-12-10-6-5-7-14(8-10)19(16,17)13-11(15)18-9(2)3/h9-10,12H,4-8H2,1-3H3,(H,13,15). The molecule has 0 spiro atoms. The van der Waals surface area contributed by atoms with Crippen molar-refractivity contribution >= 4 is 16.3 Å². The quantitative estimate of drug-likeness (QED) is 0.768. The van der Waals surface area contributed by atoms with Gasteiger partial charge in [0.2, 0.25) is 0 Å². The largest absolute Gasteiger partial charge is 0.446 e. The van der Waals surface area contributed by atoms with E-state index in [2.05, 4.69) is 5.32 Å². The minimum atomic E-state index is -3.81. The van der Waals surface area contributed by atoms with E-state index in [9.17, 15) is 13.2 Å². The van der Waals surface area contributed by atoms with Crippen LogP contribution in [0.25, 0.3) is 0 Å². The molecule has 0 aromatic rings. The molecule has 0 bridgehead atoms. The van der Waals surface area contributed by atoms with Crippen molar-refractivity contribution in [2.24, 2.45) is 0 Å². The number of hydrogen-bond acceptors (Lipinski definition) is 5. The van der Waals surface area contributed by atoms with E-state index in [0.29, 0.717) is 13.1 Å². The smallest absolute Gasteiger partial charge is 0.422 e. The summed E-state index contributed by atoms with van der Waals surface area (Å²) >= 11 is 0. The van der Waals surface area contributed by atoms with Crippen molar-refractivity contribution in [2.75, 3.05) is 19.6 Å². The number of ether oxygens (including phenoxy) is 1. The van der Waals surface area contributed by atoms with Crippen LogP contribution in [0, 0.1) is 0 Å². The van der Waals surface area contributed by atoms with E-state index in [-0.39, 0.29) is 12.1 Å². The monoisotopic (exact) mass is 293 g/mol. The van der Waals surface area contributed by atoms with E-state index in [1.807, 2.05) is 11.6 Å². The fourth-order valence-corrected chi connectivity index (χ4v) is 3.16. The summed E-state index contributed by atoms with van der Waals surface area (Å²) in [5.74, 6) is 0. The van der Waals surface area contributed by atoms with Crippen LogP contribution in [0.15, 0.2) is 0 Å². The van der Waals surface area contributed by atoms with Crippen molar-refractivity contribution in [2.45, 2.75) is 45.8 Å². The summed E-state index contributed by atoms with van der Waals surface area (Å²) in [5, 5.41) is 3.22. The summed E-state index contributed by atoms with van der Waals surface area (Å²) in [6.45, 7) is 6.89. The summed E-state index contributed by atoms with van der Waals surface area (Å²) in [4.78, 5) is 11.4. The van der Waals surface area contributed by atoms with E-state index < -0.39 is 16.3 Å². The topological polar surface area (TPSA) is 87.7 Å². The summed E-state index contributed by atoms with van der Waals surface area (Å²) in [7, 11) is -3.81. The molecule has 1 unspecified atom stereocenters. The minimum Gasteiger partial charge on any atom is -0.446 e. The lowest BCUT2D eigenvalue weighted by atomic mass is 10.1. The Morgan fingerprint density at radius 2 is 2.16 bits per heavy atom. The number of rotatable bonds is 5. The number of nitrogens with zero attached hydrogens (tertiary/aromatic N) is 1. The molecule has 1 rings (SSSR count). The first-order valence-corrected chi connectivity index (χ1v) is 8.01. The first kappa shape index (κ1) is 16.2. The molecule has 112 valence electrons. The molecular weight excluding hydrogens is 270 g/mol. The molecule has 8 heteroatoms. The Bertz CT molecular complexity index is 395. The molecule has 1 amide bonds. The van der Waals surface area contributed by atoms with Gasteiger partial charge in [-0.1, -0.05) is 6.92 Å². The molecule has 1 atom stereocenters. The maximum atomic E-state index is 12.0. The van der Waals surface area contributed by atoms with E-state index in [0.717, 1.165) is 19.4 Å². The summed E-state index contributed by atoms with van der Waals surface area (Å²) in [6, 6.07) is 0.136. The molecule has 19 heavy (non-hydrogen) atoms. The van der Waals surface area contributed by atoms with Crippen molar-refractivity contribution in [1.82, 2.24) is 14.3 Å². The van der Waals surface area contributed by atoms with Crippen molar-refractivity contribution in [1.29, 1.82) is 0 Å². The van der Waals surface area contributed by atoms with E-state index in [4.69, 9.17) is 4.74 Å². The normalized spacial score (nSPS) is 21.4. The van der Waals surface area contributed by atoms with Crippen molar-refractivity contribution in [3.63, 3.8) is 0 Å². The summed E-state index contributed by atoms with van der Waals surface area (Å²) in [5.41, 5.74) is 0. The minimum absolute atomic E-state index is 0.136. The van der Waals surface area contributed by atoms with Gasteiger partial charge in [0.15, 0.2) is 0 Å². The zero-order chi connectivity index (χ0) is 14.5. The van der Waals surface area contributed by atoms with Crippen LogP contribution in [0.2, 0.25) is 0 Å². The number of hydrogen-bond donors (Lipinski definition) is 2. The molecule has 7 nitrogen and oxygen atoms in total. The number of carbonyl (C=O) groups is 1. The Morgan fingerprint density at radius 1 is 1.47 bits per heavy atom. The van der Waals surface area contributed by atoms with Gasteiger partial charge in [-0.05, 0) is 33.2 Å². The highest BCUT2D eigenvalue weighted by Crippen LogP contribution is 2.13. The Labute approximate surface area is 114 Å². The fraction of sp³-hybridized carbons (Fsp3) is 0.909. The zero-order valence-corrected chi connectivity index (χ0v) is 12.5. The second-order valence-electron chi connectivity index (χ2n) is 4.82. The third-order valence-corrected chi connectivity index (χ3v) is 4.21. The first-order chi connectivity index (χ1) is 8.85. The predicted molar refractivity (Wildman–Crippen MR) is 71.9 cm³/mol. The van der Waals surface area contributed by atoms with Crippen LogP contribution < -0.4 is 10.0 Å². The molecule has 0 saturated carbocycles. The highest BCUT2D eigenvalue weighted by molar-refractivity contribution is 7.87. The molecule has 0 radical (unpaired) electrons. The molecule has 1 fully saturated rings. The lowest BCUT2D eigenvalue weighted by Gasteiger charge is -2.31. The Kier molecular flexibility index (Phi) is 6.02. The lowest BCUT2D eigenvalue weighted by Crippen LogP contribution is -2.52. The summed E-state index contributed by atoms with van der Waals surface area (Å²) in [6.07, 6.45) is 0.431. The van der Waals surface area contributed by atoms with Gasteiger partial charge < -0.3 is 10.1 Å². The summed E-state index contributed by atoms with van der Waals surface area (Å²) < 4.78 is 32.0. The fourth-order valence-electron chi connectivity index (χ4n) is 2.02. The van der Waals surface area contributed by atoms with E-state index >= 15 is 0 Å². The predicted octanol–water partition coefficient (Wildman–Crippen LogP) is 0.440.